The van der Waals surface area contributed by atoms with Crippen molar-refractivity contribution in [1.82, 2.24) is 4.98 Å². The summed E-state index contributed by atoms with van der Waals surface area (Å²) in [6.07, 6.45) is 1.71. The largest absolute Gasteiger partial charge is 0.497 e. The number of ether oxygens (including phenoxy) is 1. The molecule has 2 aromatic carbocycles. The standard InChI is InChI=1S/C20H15NO3/c1-23-15-8-9-17-16(11-15)19(14-7-10-18(22)21-12-14)20(24-17)13-5-3-2-4-6-13/h2-12H,1H3,(H,21,22). The van der Waals surface area contributed by atoms with E-state index in [1.54, 1.807) is 19.4 Å². The summed E-state index contributed by atoms with van der Waals surface area (Å²) in [6.45, 7) is 0. The molecule has 4 nitrogen and oxygen atoms in total. The van der Waals surface area contributed by atoms with Gasteiger partial charge in [-0.05, 0) is 24.3 Å². The van der Waals surface area contributed by atoms with Gasteiger partial charge in [0.05, 0.1) is 7.11 Å². The molecule has 2 heterocycles. The fraction of sp³-hybridized carbons (Fsp3) is 0.0500. The van der Waals surface area contributed by atoms with Crippen LogP contribution in [-0.4, -0.2) is 12.1 Å². The molecule has 0 aliphatic heterocycles. The van der Waals surface area contributed by atoms with Crippen LogP contribution in [0.25, 0.3) is 33.4 Å². The topological polar surface area (TPSA) is 55.2 Å². The zero-order valence-corrected chi connectivity index (χ0v) is 13.1. The Morgan fingerprint density at radius 2 is 1.79 bits per heavy atom. The zero-order valence-electron chi connectivity index (χ0n) is 13.1. The molecular weight excluding hydrogens is 302 g/mol. The first-order valence-electron chi connectivity index (χ1n) is 7.61. The van der Waals surface area contributed by atoms with Crippen molar-refractivity contribution in [2.75, 3.05) is 7.11 Å². The predicted molar refractivity (Wildman–Crippen MR) is 94.3 cm³/mol. The molecule has 0 aliphatic rings. The van der Waals surface area contributed by atoms with E-state index in [1.807, 2.05) is 48.5 Å². The Morgan fingerprint density at radius 1 is 0.958 bits per heavy atom. The van der Waals surface area contributed by atoms with Gasteiger partial charge >= 0.3 is 0 Å². The van der Waals surface area contributed by atoms with E-state index in [0.29, 0.717) is 0 Å². The van der Waals surface area contributed by atoms with Crippen molar-refractivity contribution in [1.29, 1.82) is 0 Å². The van der Waals surface area contributed by atoms with Gasteiger partial charge < -0.3 is 14.1 Å². The van der Waals surface area contributed by atoms with Gasteiger partial charge in [0.25, 0.3) is 0 Å². The van der Waals surface area contributed by atoms with Crippen LogP contribution in [0.3, 0.4) is 0 Å². The monoisotopic (exact) mass is 317 g/mol. The molecule has 0 aliphatic carbocycles. The van der Waals surface area contributed by atoms with Gasteiger partial charge in [-0.2, -0.15) is 0 Å². The SMILES string of the molecule is COc1ccc2oc(-c3ccccc3)c(-c3ccc(=O)[nH]c3)c2c1. The van der Waals surface area contributed by atoms with Crippen molar-refractivity contribution < 1.29 is 9.15 Å². The van der Waals surface area contributed by atoms with Crippen molar-refractivity contribution in [3.05, 3.63) is 77.2 Å². The summed E-state index contributed by atoms with van der Waals surface area (Å²) >= 11 is 0. The minimum absolute atomic E-state index is 0.134. The van der Waals surface area contributed by atoms with E-state index in [4.69, 9.17) is 9.15 Å². The van der Waals surface area contributed by atoms with Crippen LogP contribution in [0, 0.1) is 0 Å². The van der Waals surface area contributed by atoms with Crippen LogP contribution in [0.2, 0.25) is 0 Å². The number of hydrogen-bond acceptors (Lipinski definition) is 3. The molecule has 0 atom stereocenters. The first-order valence-corrected chi connectivity index (χ1v) is 7.61. The Balaban J connectivity index is 2.06. The number of nitrogens with one attached hydrogen (secondary N) is 1. The van der Waals surface area contributed by atoms with E-state index < -0.39 is 0 Å². The average molecular weight is 317 g/mol. The highest BCUT2D eigenvalue weighted by Gasteiger charge is 2.18. The quantitative estimate of drug-likeness (QED) is 0.607. The summed E-state index contributed by atoms with van der Waals surface area (Å²) in [5.41, 5.74) is 3.45. The molecule has 2 aromatic heterocycles. The molecule has 0 amide bonds. The second-order valence-corrected chi connectivity index (χ2v) is 5.48. The molecule has 1 N–H and O–H groups in total. The van der Waals surface area contributed by atoms with Crippen LogP contribution in [0.5, 0.6) is 5.75 Å². The highest BCUT2D eigenvalue weighted by molar-refractivity contribution is 6.02. The van der Waals surface area contributed by atoms with E-state index in [2.05, 4.69) is 4.98 Å². The number of aromatic nitrogens is 1. The van der Waals surface area contributed by atoms with Crippen LogP contribution < -0.4 is 10.3 Å². The zero-order chi connectivity index (χ0) is 16.5. The van der Waals surface area contributed by atoms with Crippen molar-refractivity contribution in [3.63, 3.8) is 0 Å². The molecular formula is C20H15NO3. The third-order valence-corrected chi connectivity index (χ3v) is 4.00. The van der Waals surface area contributed by atoms with Crippen molar-refractivity contribution >= 4 is 11.0 Å². The van der Waals surface area contributed by atoms with Crippen LogP contribution in [0.1, 0.15) is 0 Å². The summed E-state index contributed by atoms with van der Waals surface area (Å²) in [5.74, 6) is 1.53. The Morgan fingerprint density at radius 3 is 2.50 bits per heavy atom. The number of fused-ring (bicyclic) bond motifs is 1. The van der Waals surface area contributed by atoms with Crippen molar-refractivity contribution in [3.8, 4) is 28.2 Å². The molecule has 0 saturated heterocycles. The molecule has 118 valence electrons. The Labute approximate surface area is 138 Å². The molecule has 0 saturated carbocycles. The van der Waals surface area contributed by atoms with Gasteiger partial charge in [-0.1, -0.05) is 30.3 Å². The number of benzene rings is 2. The van der Waals surface area contributed by atoms with Crippen molar-refractivity contribution in [2.45, 2.75) is 0 Å². The summed E-state index contributed by atoms with van der Waals surface area (Å²) in [7, 11) is 1.64. The highest BCUT2D eigenvalue weighted by Crippen LogP contribution is 2.41. The van der Waals surface area contributed by atoms with Crippen LogP contribution in [0.4, 0.5) is 0 Å². The second-order valence-electron chi connectivity index (χ2n) is 5.48. The number of H-pyrrole nitrogens is 1. The lowest BCUT2D eigenvalue weighted by molar-refractivity contribution is 0.415. The normalized spacial score (nSPS) is 10.9. The molecule has 0 spiro atoms. The average Bonchev–Trinajstić information content (AvgIpc) is 3.01. The summed E-state index contributed by atoms with van der Waals surface area (Å²) in [6, 6.07) is 19.0. The maximum Gasteiger partial charge on any atom is 0.247 e. The second kappa shape index (κ2) is 5.74. The molecule has 0 fully saturated rings. The molecule has 4 rings (SSSR count). The summed E-state index contributed by atoms with van der Waals surface area (Å²) < 4.78 is 11.5. The maximum absolute atomic E-state index is 11.4. The molecule has 0 radical (unpaired) electrons. The number of rotatable bonds is 3. The van der Waals surface area contributed by atoms with Gasteiger partial charge in [-0.15, -0.1) is 0 Å². The van der Waals surface area contributed by atoms with E-state index in [1.165, 1.54) is 6.07 Å². The molecule has 4 aromatic rings. The molecule has 24 heavy (non-hydrogen) atoms. The van der Waals surface area contributed by atoms with E-state index >= 15 is 0 Å². The summed E-state index contributed by atoms with van der Waals surface area (Å²) in [4.78, 5) is 14.1. The number of aromatic amines is 1. The maximum atomic E-state index is 11.4. The lowest BCUT2D eigenvalue weighted by Crippen LogP contribution is -2.01. The Hall–Kier alpha value is -3.27. The van der Waals surface area contributed by atoms with Crippen LogP contribution in [0.15, 0.2) is 76.1 Å². The van der Waals surface area contributed by atoms with Crippen molar-refractivity contribution in [2.24, 2.45) is 0 Å². The third kappa shape index (κ3) is 2.38. The lowest BCUT2D eigenvalue weighted by atomic mass is 10.00. The number of methoxy groups -OCH3 is 1. The molecule has 0 unspecified atom stereocenters. The van der Waals surface area contributed by atoms with Crippen LogP contribution >= 0.6 is 0 Å². The number of furan rings is 1. The smallest absolute Gasteiger partial charge is 0.247 e. The van der Waals surface area contributed by atoms with Gasteiger partial charge in [-0.3, -0.25) is 4.79 Å². The predicted octanol–water partition coefficient (Wildman–Crippen LogP) is 4.46. The third-order valence-electron chi connectivity index (χ3n) is 4.00. The summed E-state index contributed by atoms with van der Waals surface area (Å²) in [5, 5.41) is 0.945. The minimum atomic E-state index is -0.134. The Kier molecular flexibility index (Phi) is 3.43. The Bertz CT molecular complexity index is 1040. The van der Waals surface area contributed by atoms with Crippen LogP contribution in [-0.2, 0) is 0 Å². The van der Waals surface area contributed by atoms with Gasteiger partial charge in [0.1, 0.15) is 17.1 Å². The first-order chi connectivity index (χ1) is 11.8. The number of hydrogen-bond donors (Lipinski definition) is 1. The van der Waals surface area contributed by atoms with E-state index in [0.717, 1.165) is 39.2 Å². The highest BCUT2D eigenvalue weighted by atomic mass is 16.5. The van der Waals surface area contributed by atoms with Gasteiger partial charge in [0, 0.05) is 34.3 Å². The fourth-order valence-electron chi connectivity index (χ4n) is 2.85. The van der Waals surface area contributed by atoms with Gasteiger partial charge in [0.2, 0.25) is 5.56 Å². The van der Waals surface area contributed by atoms with E-state index in [9.17, 15) is 4.79 Å². The molecule has 0 bridgehead atoms. The lowest BCUT2D eigenvalue weighted by Gasteiger charge is -2.04. The minimum Gasteiger partial charge on any atom is -0.497 e. The first kappa shape index (κ1) is 14.3. The van der Waals surface area contributed by atoms with Gasteiger partial charge in [-0.25, -0.2) is 0 Å². The number of pyridine rings is 1. The van der Waals surface area contributed by atoms with Gasteiger partial charge in [0.15, 0.2) is 0 Å². The fourth-order valence-corrected chi connectivity index (χ4v) is 2.85. The van der Waals surface area contributed by atoms with E-state index in [-0.39, 0.29) is 5.56 Å². The molecule has 4 heteroatoms.